The highest BCUT2D eigenvalue weighted by atomic mass is 19.4. The van der Waals surface area contributed by atoms with Crippen molar-refractivity contribution >= 4 is 23.3 Å². The van der Waals surface area contributed by atoms with Crippen molar-refractivity contribution in [1.29, 1.82) is 0 Å². The molecule has 5 rings (SSSR count). The predicted octanol–water partition coefficient (Wildman–Crippen LogP) is 3.38. The molecule has 0 saturated heterocycles. The number of carbonyl (C=O) groups excluding carboxylic acids is 2. The van der Waals surface area contributed by atoms with Crippen molar-refractivity contribution in [1.82, 2.24) is 24.8 Å². The zero-order valence-electron chi connectivity index (χ0n) is 21.6. The minimum absolute atomic E-state index is 0.0245. The summed E-state index contributed by atoms with van der Waals surface area (Å²) in [7, 11) is 0. The lowest BCUT2D eigenvalue weighted by Crippen LogP contribution is -2.41. The second kappa shape index (κ2) is 9.70. The van der Waals surface area contributed by atoms with Gasteiger partial charge >= 0.3 is 6.36 Å². The molecular formula is C26H29F3N6O4. The molecule has 0 bridgehead atoms. The van der Waals surface area contributed by atoms with Crippen LogP contribution in [0.3, 0.4) is 0 Å². The van der Waals surface area contributed by atoms with Gasteiger partial charge in [0, 0.05) is 24.3 Å². The number of amides is 2. The first kappa shape index (κ1) is 26.7. The van der Waals surface area contributed by atoms with Crippen LogP contribution < -0.4 is 15.8 Å². The Bertz CT molecular complexity index is 1450. The monoisotopic (exact) mass is 546 g/mol. The van der Waals surface area contributed by atoms with E-state index in [0.717, 1.165) is 18.9 Å². The van der Waals surface area contributed by atoms with Gasteiger partial charge < -0.3 is 25.8 Å². The molecule has 1 aromatic carbocycles. The van der Waals surface area contributed by atoms with Gasteiger partial charge in [-0.1, -0.05) is 13.8 Å². The number of rotatable bonds is 8. The Hall–Kier alpha value is -3.87. The first-order chi connectivity index (χ1) is 18.4. The first-order valence-electron chi connectivity index (χ1n) is 12.7. The molecule has 1 fully saturated rings. The van der Waals surface area contributed by atoms with Crippen LogP contribution in [0, 0.1) is 11.8 Å². The number of nitrogens with one attached hydrogen (secondary N) is 1. The molecule has 1 aliphatic heterocycles. The largest absolute Gasteiger partial charge is 0.573 e. The number of halogens is 3. The van der Waals surface area contributed by atoms with Crippen LogP contribution >= 0.6 is 0 Å². The summed E-state index contributed by atoms with van der Waals surface area (Å²) in [6.45, 7) is 5.44. The first-order valence-corrected chi connectivity index (χ1v) is 12.7. The van der Waals surface area contributed by atoms with Gasteiger partial charge in [0.2, 0.25) is 0 Å². The Morgan fingerprint density at radius 3 is 2.62 bits per heavy atom. The predicted molar refractivity (Wildman–Crippen MR) is 135 cm³/mol. The molecule has 208 valence electrons. The molecule has 2 aliphatic rings. The number of aliphatic hydroxyl groups excluding tert-OH is 1. The molecule has 39 heavy (non-hydrogen) atoms. The van der Waals surface area contributed by atoms with E-state index in [0.29, 0.717) is 11.5 Å². The Labute approximate surface area is 221 Å². The third kappa shape index (κ3) is 5.10. The van der Waals surface area contributed by atoms with E-state index in [1.807, 2.05) is 20.8 Å². The lowest BCUT2D eigenvalue weighted by Gasteiger charge is -2.24. The summed E-state index contributed by atoms with van der Waals surface area (Å²) in [5.74, 6) is -1.51. The average molecular weight is 547 g/mol. The number of nitrogens with two attached hydrogens (primary N) is 1. The number of fused-ring (bicyclic) bond motifs is 2. The maximum Gasteiger partial charge on any atom is 0.573 e. The van der Waals surface area contributed by atoms with Crippen molar-refractivity contribution < 1.29 is 32.6 Å². The lowest BCUT2D eigenvalue weighted by molar-refractivity contribution is -0.274. The topological polar surface area (TPSA) is 135 Å². The number of alkyl halides is 3. The molecule has 1 aliphatic carbocycles. The molecule has 2 atom stereocenters. The molecule has 1 saturated carbocycles. The zero-order valence-corrected chi connectivity index (χ0v) is 21.6. The standard InChI is InChI=1S/C26H29F3N6O4/c1-12(2)18(11-36)32-24(37)21-22(30)33-35-7-6-17(31-23(21)35)15-8-16-10-34(13(3)14-4-5-14)25(38)20(16)19(9-15)39-26(27,28)29/h6-9,12-14,18,36H,4-5,10-11H2,1-3H3,(H2,30,33)(H,32,37)/t13?,18-/m0/s1. The Balaban J connectivity index is 1.57. The quantitative estimate of drug-likeness (QED) is 0.394. The van der Waals surface area contributed by atoms with Crippen molar-refractivity contribution in [3.8, 4) is 17.0 Å². The van der Waals surface area contributed by atoms with Gasteiger partial charge in [0.25, 0.3) is 11.8 Å². The number of carbonyl (C=O) groups is 2. The molecular weight excluding hydrogens is 517 g/mol. The summed E-state index contributed by atoms with van der Waals surface area (Å²) in [6.07, 6.45) is -1.57. The lowest BCUT2D eigenvalue weighted by atomic mass is 10.0. The molecule has 2 aromatic heterocycles. The van der Waals surface area contributed by atoms with Crippen molar-refractivity contribution in [2.24, 2.45) is 11.8 Å². The van der Waals surface area contributed by atoms with Crippen LogP contribution in [0.1, 0.15) is 59.9 Å². The van der Waals surface area contributed by atoms with E-state index < -0.39 is 30.0 Å². The van der Waals surface area contributed by atoms with Crippen LogP contribution in [0.15, 0.2) is 24.4 Å². The number of benzene rings is 1. The van der Waals surface area contributed by atoms with Crippen molar-refractivity contribution in [2.75, 3.05) is 12.3 Å². The van der Waals surface area contributed by atoms with Crippen LogP contribution in [0.4, 0.5) is 19.0 Å². The van der Waals surface area contributed by atoms with Crippen LogP contribution in [0.25, 0.3) is 16.9 Å². The molecule has 2 amide bonds. The Morgan fingerprint density at radius 1 is 1.28 bits per heavy atom. The molecule has 3 heterocycles. The number of ether oxygens (including phenoxy) is 1. The van der Waals surface area contributed by atoms with Gasteiger partial charge in [0.1, 0.15) is 11.3 Å². The minimum Gasteiger partial charge on any atom is -0.405 e. The number of nitrogen functional groups attached to an aromatic ring is 1. The molecule has 0 spiro atoms. The summed E-state index contributed by atoms with van der Waals surface area (Å²) in [4.78, 5) is 32.3. The number of aliphatic hydroxyl groups is 1. The average Bonchev–Trinajstić information content (AvgIpc) is 3.57. The second-order valence-electron chi connectivity index (χ2n) is 10.4. The fourth-order valence-corrected chi connectivity index (χ4v) is 4.94. The highest BCUT2D eigenvalue weighted by molar-refractivity contribution is 6.05. The van der Waals surface area contributed by atoms with Crippen LogP contribution in [-0.4, -0.2) is 61.5 Å². The molecule has 10 nitrogen and oxygen atoms in total. The maximum atomic E-state index is 13.4. The fraction of sp³-hybridized carbons (Fsp3) is 0.462. The summed E-state index contributed by atoms with van der Waals surface area (Å²) in [5, 5.41) is 16.4. The van der Waals surface area contributed by atoms with Gasteiger partial charge in [-0.2, -0.15) is 0 Å². The number of anilines is 1. The third-order valence-electron chi connectivity index (χ3n) is 7.37. The molecule has 4 N–H and O–H groups in total. The van der Waals surface area contributed by atoms with Crippen molar-refractivity contribution in [3.05, 3.63) is 41.1 Å². The zero-order chi connectivity index (χ0) is 28.2. The number of hydrogen-bond acceptors (Lipinski definition) is 7. The van der Waals surface area contributed by atoms with Crippen molar-refractivity contribution in [3.63, 3.8) is 0 Å². The van der Waals surface area contributed by atoms with E-state index in [-0.39, 0.29) is 59.0 Å². The number of hydrogen-bond donors (Lipinski definition) is 3. The summed E-state index contributed by atoms with van der Waals surface area (Å²) in [5.41, 5.74) is 6.86. The smallest absolute Gasteiger partial charge is 0.405 e. The van der Waals surface area contributed by atoms with E-state index in [9.17, 15) is 27.9 Å². The van der Waals surface area contributed by atoms with E-state index in [2.05, 4.69) is 20.1 Å². The van der Waals surface area contributed by atoms with Gasteiger partial charge in [-0.15, -0.1) is 18.3 Å². The van der Waals surface area contributed by atoms with E-state index in [1.54, 1.807) is 11.0 Å². The molecule has 0 radical (unpaired) electrons. The normalized spacial score (nSPS) is 17.0. The second-order valence-corrected chi connectivity index (χ2v) is 10.4. The molecule has 1 unspecified atom stereocenters. The molecule has 13 heteroatoms. The fourth-order valence-electron chi connectivity index (χ4n) is 4.94. The van der Waals surface area contributed by atoms with Gasteiger partial charge in [-0.05, 0) is 55.4 Å². The van der Waals surface area contributed by atoms with Gasteiger partial charge in [0.15, 0.2) is 11.5 Å². The number of aromatic nitrogens is 3. The van der Waals surface area contributed by atoms with Crippen LogP contribution in [0.2, 0.25) is 0 Å². The van der Waals surface area contributed by atoms with Crippen molar-refractivity contribution in [2.45, 2.75) is 58.6 Å². The van der Waals surface area contributed by atoms with Gasteiger partial charge in [0.05, 0.1) is 23.9 Å². The SMILES string of the molecule is CC(C)[C@H](CO)NC(=O)c1c(N)nn2ccc(-c3cc4c(c(OC(F)(F)F)c3)C(=O)N(C(C)C3CC3)C4)nc12. The summed E-state index contributed by atoms with van der Waals surface area (Å²) in [6, 6.07) is 3.63. The number of nitrogens with zero attached hydrogens (tertiary/aromatic N) is 4. The van der Waals surface area contributed by atoms with E-state index in [4.69, 9.17) is 5.73 Å². The van der Waals surface area contributed by atoms with Gasteiger partial charge in [-0.25, -0.2) is 9.50 Å². The Kier molecular flexibility index (Phi) is 6.65. The van der Waals surface area contributed by atoms with Crippen LogP contribution in [-0.2, 0) is 6.54 Å². The van der Waals surface area contributed by atoms with Gasteiger partial charge in [-0.3, -0.25) is 9.59 Å². The summed E-state index contributed by atoms with van der Waals surface area (Å²) < 4.78 is 45.7. The Morgan fingerprint density at radius 2 is 2.00 bits per heavy atom. The highest BCUT2D eigenvalue weighted by Crippen LogP contribution is 2.42. The van der Waals surface area contributed by atoms with E-state index >= 15 is 0 Å². The maximum absolute atomic E-state index is 13.4. The third-order valence-corrected chi connectivity index (χ3v) is 7.37. The summed E-state index contributed by atoms with van der Waals surface area (Å²) >= 11 is 0. The van der Waals surface area contributed by atoms with E-state index in [1.165, 1.54) is 16.8 Å². The highest BCUT2D eigenvalue weighted by Gasteiger charge is 2.42. The van der Waals surface area contributed by atoms with Crippen LogP contribution in [0.5, 0.6) is 5.75 Å². The molecule has 3 aromatic rings. The minimum atomic E-state index is -5.01.